The number of nitrogens with zero attached hydrogens (tertiary/aromatic N) is 3. The molecular weight excluding hydrogens is 450 g/mol. The number of pyridine rings is 1. The van der Waals surface area contributed by atoms with Gasteiger partial charge >= 0.3 is 0 Å². The van der Waals surface area contributed by atoms with Crippen LogP contribution < -0.4 is 5.56 Å². The fourth-order valence-corrected chi connectivity index (χ4v) is 5.04. The normalized spacial score (nSPS) is 16.2. The number of carbonyl (C=O) groups excluding carboxylic acids is 1. The first-order chi connectivity index (χ1) is 17.2. The van der Waals surface area contributed by atoms with E-state index >= 15 is 0 Å². The summed E-state index contributed by atoms with van der Waals surface area (Å²) >= 11 is 0. The molecule has 1 fully saturated rings. The molecule has 36 heavy (non-hydrogen) atoms. The van der Waals surface area contributed by atoms with Crippen molar-refractivity contribution in [1.29, 1.82) is 0 Å². The zero-order valence-electron chi connectivity index (χ0n) is 21.6. The van der Waals surface area contributed by atoms with E-state index < -0.39 is 5.60 Å². The van der Waals surface area contributed by atoms with Gasteiger partial charge in [0.05, 0.1) is 12.1 Å². The molecule has 6 nitrogen and oxygen atoms in total. The second-order valence-electron chi connectivity index (χ2n) is 10.4. The highest BCUT2D eigenvalue weighted by Crippen LogP contribution is 2.28. The Labute approximate surface area is 213 Å². The van der Waals surface area contributed by atoms with Gasteiger partial charge in [-0.05, 0) is 55.1 Å². The van der Waals surface area contributed by atoms with E-state index in [-0.39, 0.29) is 23.9 Å². The number of amides is 1. The maximum Gasteiger partial charge on any atom is 0.251 e. The number of benzene rings is 2. The molecule has 2 aromatic carbocycles. The van der Waals surface area contributed by atoms with Crippen LogP contribution in [0.4, 0.5) is 0 Å². The number of piperidine rings is 1. The minimum atomic E-state index is -1.02. The van der Waals surface area contributed by atoms with Gasteiger partial charge in [0.1, 0.15) is 0 Å². The molecule has 1 N–H and O–H groups in total. The van der Waals surface area contributed by atoms with Crippen LogP contribution in [-0.2, 0) is 17.9 Å². The second-order valence-corrected chi connectivity index (χ2v) is 10.4. The summed E-state index contributed by atoms with van der Waals surface area (Å²) in [4.78, 5) is 29.9. The van der Waals surface area contributed by atoms with Gasteiger partial charge in [0, 0.05) is 38.3 Å². The minimum Gasteiger partial charge on any atom is -0.388 e. The lowest BCUT2D eigenvalue weighted by atomic mass is 9.90. The molecule has 6 heteroatoms. The van der Waals surface area contributed by atoms with Crippen LogP contribution in [0.15, 0.2) is 77.7 Å². The summed E-state index contributed by atoms with van der Waals surface area (Å²) in [7, 11) is 4.01. The van der Waals surface area contributed by atoms with Crippen LogP contribution in [0, 0.1) is 0 Å². The summed E-state index contributed by atoms with van der Waals surface area (Å²) in [6.07, 6.45) is 3.25. The summed E-state index contributed by atoms with van der Waals surface area (Å²) in [5.74, 6) is 0.266. The zero-order valence-corrected chi connectivity index (χ0v) is 21.6. The van der Waals surface area contributed by atoms with Crippen molar-refractivity contribution in [2.24, 2.45) is 0 Å². The largest absolute Gasteiger partial charge is 0.388 e. The molecule has 4 rings (SSSR count). The molecule has 0 aliphatic carbocycles. The molecule has 0 saturated carbocycles. The summed E-state index contributed by atoms with van der Waals surface area (Å²) in [5, 5.41) is 11.4. The predicted octanol–water partition coefficient (Wildman–Crippen LogP) is 4.12. The van der Waals surface area contributed by atoms with E-state index in [1.54, 1.807) is 10.6 Å². The van der Waals surface area contributed by atoms with Crippen molar-refractivity contribution in [3.8, 4) is 11.1 Å². The van der Waals surface area contributed by atoms with Gasteiger partial charge < -0.3 is 19.5 Å². The third-order valence-electron chi connectivity index (χ3n) is 7.14. The van der Waals surface area contributed by atoms with E-state index in [1.807, 2.05) is 73.7 Å². The summed E-state index contributed by atoms with van der Waals surface area (Å²) in [5.41, 5.74) is 2.98. The van der Waals surface area contributed by atoms with Gasteiger partial charge in [-0.1, -0.05) is 67.6 Å². The molecule has 1 aliphatic heterocycles. The SMILES string of the molecule is CC(CC(=O)N1CCC(O)(Cn2cc(CN(C)C)c(-c3ccccc3)cc2=O)CC1)c1ccccc1. The minimum absolute atomic E-state index is 0.117. The summed E-state index contributed by atoms with van der Waals surface area (Å²) < 4.78 is 1.64. The highest BCUT2D eigenvalue weighted by atomic mass is 16.3. The number of hydrogen-bond donors (Lipinski definition) is 1. The van der Waals surface area contributed by atoms with Crippen molar-refractivity contribution in [3.05, 3.63) is 94.4 Å². The Balaban J connectivity index is 1.44. The molecule has 1 saturated heterocycles. The topological polar surface area (TPSA) is 65.8 Å². The molecule has 3 aromatic rings. The number of rotatable bonds is 8. The van der Waals surface area contributed by atoms with E-state index in [9.17, 15) is 14.7 Å². The van der Waals surface area contributed by atoms with Gasteiger partial charge in [0.15, 0.2) is 0 Å². The van der Waals surface area contributed by atoms with Crippen molar-refractivity contribution >= 4 is 5.91 Å². The van der Waals surface area contributed by atoms with Crippen LogP contribution in [0.25, 0.3) is 11.1 Å². The van der Waals surface area contributed by atoms with Gasteiger partial charge in [-0.25, -0.2) is 0 Å². The van der Waals surface area contributed by atoms with Gasteiger partial charge in [0.2, 0.25) is 5.91 Å². The second kappa shape index (κ2) is 11.2. The van der Waals surface area contributed by atoms with Crippen molar-refractivity contribution in [2.75, 3.05) is 27.2 Å². The Kier molecular flexibility index (Phi) is 8.07. The molecule has 1 aliphatic rings. The summed E-state index contributed by atoms with van der Waals surface area (Å²) in [6, 6.07) is 21.7. The van der Waals surface area contributed by atoms with Crippen molar-refractivity contribution in [3.63, 3.8) is 0 Å². The highest BCUT2D eigenvalue weighted by molar-refractivity contribution is 5.77. The Bertz CT molecular complexity index is 1210. The molecule has 0 bridgehead atoms. The Morgan fingerprint density at radius 2 is 1.64 bits per heavy atom. The lowest BCUT2D eigenvalue weighted by molar-refractivity contribution is -0.136. The quantitative estimate of drug-likeness (QED) is 0.519. The molecule has 1 amide bonds. The monoisotopic (exact) mass is 487 g/mol. The zero-order chi connectivity index (χ0) is 25.7. The lowest BCUT2D eigenvalue weighted by Gasteiger charge is -2.39. The number of aliphatic hydroxyl groups is 1. The molecule has 2 heterocycles. The van der Waals surface area contributed by atoms with E-state index in [0.717, 1.165) is 22.3 Å². The Morgan fingerprint density at radius 1 is 1.03 bits per heavy atom. The highest BCUT2D eigenvalue weighted by Gasteiger charge is 2.35. The first kappa shape index (κ1) is 25.9. The number of hydrogen-bond acceptors (Lipinski definition) is 4. The number of likely N-dealkylation sites (tertiary alicyclic amines) is 1. The smallest absolute Gasteiger partial charge is 0.251 e. The van der Waals surface area contributed by atoms with Gasteiger partial charge in [-0.3, -0.25) is 9.59 Å². The van der Waals surface area contributed by atoms with Crippen LogP contribution in [0.1, 0.15) is 43.2 Å². The van der Waals surface area contributed by atoms with Crippen LogP contribution in [0.2, 0.25) is 0 Å². The predicted molar refractivity (Wildman–Crippen MR) is 144 cm³/mol. The van der Waals surface area contributed by atoms with E-state index in [2.05, 4.69) is 24.0 Å². The molecular formula is C30H37N3O3. The van der Waals surface area contributed by atoms with Gasteiger partial charge in [0.25, 0.3) is 5.56 Å². The summed E-state index contributed by atoms with van der Waals surface area (Å²) in [6.45, 7) is 3.98. The fraction of sp³-hybridized carbons (Fsp3) is 0.400. The Morgan fingerprint density at radius 3 is 2.25 bits per heavy atom. The average Bonchev–Trinajstić information content (AvgIpc) is 2.87. The fourth-order valence-electron chi connectivity index (χ4n) is 5.04. The molecule has 1 unspecified atom stereocenters. The van der Waals surface area contributed by atoms with E-state index in [4.69, 9.17) is 0 Å². The van der Waals surface area contributed by atoms with Crippen molar-refractivity contribution in [1.82, 2.24) is 14.4 Å². The third-order valence-corrected chi connectivity index (χ3v) is 7.14. The Hall–Kier alpha value is -3.22. The maximum absolute atomic E-state index is 13.1. The van der Waals surface area contributed by atoms with Crippen LogP contribution in [-0.4, -0.2) is 58.2 Å². The van der Waals surface area contributed by atoms with Crippen LogP contribution in [0.5, 0.6) is 0 Å². The molecule has 0 spiro atoms. The molecule has 190 valence electrons. The number of aromatic nitrogens is 1. The van der Waals surface area contributed by atoms with E-state index in [1.165, 1.54) is 0 Å². The molecule has 1 aromatic heterocycles. The van der Waals surface area contributed by atoms with Gasteiger partial charge in [-0.15, -0.1) is 0 Å². The maximum atomic E-state index is 13.1. The molecule has 0 radical (unpaired) electrons. The van der Waals surface area contributed by atoms with Crippen LogP contribution in [0.3, 0.4) is 0 Å². The third kappa shape index (κ3) is 6.31. The van der Waals surface area contributed by atoms with Gasteiger partial charge in [-0.2, -0.15) is 0 Å². The first-order valence-corrected chi connectivity index (χ1v) is 12.7. The van der Waals surface area contributed by atoms with E-state index in [0.29, 0.717) is 38.9 Å². The van der Waals surface area contributed by atoms with Crippen LogP contribution >= 0.6 is 0 Å². The lowest BCUT2D eigenvalue weighted by Crippen LogP contribution is -2.49. The molecule has 1 atom stereocenters. The first-order valence-electron chi connectivity index (χ1n) is 12.7. The number of carbonyl (C=O) groups is 1. The van der Waals surface area contributed by atoms with Crippen molar-refractivity contribution < 1.29 is 9.90 Å². The standard InChI is InChI=1S/C30H37N3O3/c1-23(24-10-6-4-7-11-24)18-28(34)32-16-14-30(36,15-17-32)22-33-21-26(20-31(2)3)27(19-29(33)35)25-12-8-5-9-13-25/h4-13,19,21,23,36H,14-18,20,22H2,1-3H3. The average molecular weight is 488 g/mol. The van der Waals surface area contributed by atoms with Crippen molar-refractivity contribution in [2.45, 2.75) is 50.8 Å².